The summed E-state index contributed by atoms with van der Waals surface area (Å²) >= 11 is 1.38. The molecule has 2 aliphatic carbocycles. The Morgan fingerprint density at radius 1 is 0.876 bits per heavy atom. The van der Waals surface area contributed by atoms with Crippen molar-refractivity contribution in [2.24, 2.45) is 16.2 Å². The highest BCUT2D eigenvalue weighted by Crippen LogP contribution is 2.64. The van der Waals surface area contributed by atoms with Gasteiger partial charge >= 0.3 is 18.0 Å². The summed E-state index contributed by atoms with van der Waals surface area (Å²) in [7, 11) is 1.63. The van der Waals surface area contributed by atoms with Gasteiger partial charge in [0.15, 0.2) is 16.9 Å². The number of ether oxygens (including phenoxy) is 6. The lowest BCUT2D eigenvalue weighted by Crippen LogP contribution is -2.58. The first-order valence-electron chi connectivity index (χ1n) is 32.4. The molecular formula is C70H81N9O17S. The summed E-state index contributed by atoms with van der Waals surface area (Å²) in [6, 6.07) is 21.3. The number of benzene rings is 3. The number of aliphatic carboxylic acids is 1. The summed E-state index contributed by atoms with van der Waals surface area (Å²) in [5.41, 5.74) is 4.69. The van der Waals surface area contributed by atoms with Crippen molar-refractivity contribution in [2.45, 2.75) is 136 Å². The van der Waals surface area contributed by atoms with E-state index in [-0.39, 0.29) is 111 Å². The maximum Gasteiger partial charge on any atom is 0.409 e. The van der Waals surface area contributed by atoms with Gasteiger partial charge in [-0.1, -0.05) is 63.3 Å². The monoisotopic (exact) mass is 1350 g/mol. The van der Waals surface area contributed by atoms with Crippen molar-refractivity contribution in [3.05, 3.63) is 119 Å². The van der Waals surface area contributed by atoms with Crippen LogP contribution in [-0.4, -0.2) is 180 Å². The maximum atomic E-state index is 13.8. The highest BCUT2D eigenvalue weighted by Gasteiger charge is 2.59. The number of nitrogens with one attached hydrogen (secondary N) is 3. The Labute approximate surface area is 563 Å². The van der Waals surface area contributed by atoms with Crippen LogP contribution in [0.1, 0.15) is 117 Å². The number of thiazole rings is 1. The van der Waals surface area contributed by atoms with Gasteiger partial charge in [-0.05, 0) is 117 Å². The minimum atomic E-state index is -1.74. The van der Waals surface area contributed by atoms with E-state index in [4.69, 9.17) is 38.5 Å². The summed E-state index contributed by atoms with van der Waals surface area (Å²) in [6.45, 7) is 13.9. The first-order valence-corrected chi connectivity index (χ1v) is 33.2. The number of imide groups is 1. The van der Waals surface area contributed by atoms with E-state index in [2.05, 4.69) is 48.3 Å². The van der Waals surface area contributed by atoms with Crippen molar-refractivity contribution in [1.29, 1.82) is 0 Å². The van der Waals surface area contributed by atoms with E-state index >= 15 is 0 Å². The van der Waals surface area contributed by atoms with Crippen LogP contribution in [0.15, 0.2) is 91.1 Å². The molecule has 0 radical (unpaired) electrons. The molecule has 2 aliphatic heterocycles. The SMILES string of the molecule is CCC1(Cn2ncc(-c3ccc(-c4[nH]c5c(C(=O)Nc6nc7ccccc7s6)cccc5c4C)nc3C(=O)O)c2C)CC2(C)CC(C)(C)CC(OCCN(C)C(=O)OCc3ccc(O[C@H]4C[C@@H](O)[C@H](O)[C@@H](C(=O)O)O4)cc3OCCOCCNC(=O)CCN3C(=O)C=CC3=O)(C2)C1. The number of hydrogen-bond acceptors (Lipinski definition) is 19. The Balaban J connectivity index is 0.729. The van der Waals surface area contributed by atoms with Crippen LogP contribution in [0.25, 0.3) is 43.6 Å². The normalized spacial score (nSPS) is 22.8. The van der Waals surface area contributed by atoms with Crippen LogP contribution in [0.5, 0.6) is 11.5 Å². The molecule has 5 amide bonds. The van der Waals surface area contributed by atoms with Crippen LogP contribution in [0.4, 0.5) is 9.93 Å². The van der Waals surface area contributed by atoms with Gasteiger partial charge in [0, 0.05) is 92.1 Å². The van der Waals surface area contributed by atoms with Crippen LogP contribution in [0.2, 0.25) is 0 Å². The molecule has 4 aliphatic rings. The molecule has 3 fully saturated rings. The zero-order valence-electron chi connectivity index (χ0n) is 55.2. The highest BCUT2D eigenvalue weighted by molar-refractivity contribution is 7.22. The molecule has 3 aromatic carbocycles. The average molecular weight is 1350 g/mol. The van der Waals surface area contributed by atoms with Crippen molar-refractivity contribution in [2.75, 3.05) is 58.4 Å². The Bertz CT molecular complexity index is 4150. The number of aromatic carboxylic acids is 1. The molecule has 26 nitrogen and oxygen atoms in total. The van der Waals surface area contributed by atoms with Crippen molar-refractivity contribution < 1.29 is 82.4 Å². The molecule has 11 rings (SSSR count). The molecule has 2 bridgehead atoms. The summed E-state index contributed by atoms with van der Waals surface area (Å²) in [5, 5.41) is 52.8. The van der Waals surface area contributed by atoms with E-state index < -0.39 is 60.0 Å². The van der Waals surface area contributed by atoms with Gasteiger partial charge in [-0.2, -0.15) is 5.10 Å². The molecular weight excluding hydrogens is 1270 g/mol. The molecule has 27 heteroatoms. The number of hydrogen-bond donors (Lipinski definition) is 7. The molecule has 514 valence electrons. The molecule has 7 aromatic rings. The zero-order chi connectivity index (χ0) is 69.1. The van der Waals surface area contributed by atoms with Gasteiger partial charge in [0.05, 0.1) is 70.4 Å². The third-order valence-electron chi connectivity index (χ3n) is 18.8. The second kappa shape index (κ2) is 28.5. The number of amides is 5. The number of aliphatic hydroxyl groups excluding tert-OH is 2. The number of carboxylic acid groups (broad SMARTS) is 2. The number of anilines is 1. The van der Waals surface area contributed by atoms with Gasteiger partial charge in [-0.15, -0.1) is 0 Å². The quantitative estimate of drug-likeness (QED) is 0.0187. The number of aliphatic hydroxyl groups is 2. The smallest absolute Gasteiger partial charge is 0.409 e. The molecule has 3 unspecified atom stereocenters. The molecule has 4 aromatic heterocycles. The number of carbonyl (C=O) groups excluding carboxylic acids is 5. The molecule has 0 spiro atoms. The second-order valence-electron chi connectivity index (χ2n) is 26.9. The number of aromatic nitrogens is 5. The number of likely N-dealkylation sites (N-methyl/N-ethyl adjacent to an activating group) is 1. The van der Waals surface area contributed by atoms with Crippen molar-refractivity contribution >= 4 is 79.2 Å². The highest BCUT2D eigenvalue weighted by atomic mass is 32.1. The largest absolute Gasteiger partial charge is 0.491 e. The van der Waals surface area contributed by atoms with Crippen molar-refractivity contribution in [1.82, 2.24) is 39.8 Å². The summed E-state index contributed by atoms with van der Waals surface area (Å²) in [6.07, 6.45) is 1.98. The van der Waals surface area contributed by atoms with Gasteiger partial charge in [0.1, 0.15) is 30.8 Å². The number of nitrogens with zero attached hydrogens (tertiary/aromatic N) is 6. The van der Waals surface area contributed by atoms with Crippen LogP contribution in [0, 0.1) is 30.1 Å². The van der Waals surface area contributed by atoms with E-state index in [1.165, 1.54) is 28.4 Å². The van der Waals surface area contributed by atoms with E-state index in [1.807, 2.05) is 54.9 Å². The number of carboxylic acids is 2. The number of fused-ring (bicyclic) bond motifs is 4. The topological polar surface area (TPSA) is 346 Å². The van der Waals surface area contributed by atoms with Gasteiger partial charge < -0.3 is 64.0 Å². The van der Waals surface area contributed by atoms with E-state index in [1.54, 1.807) is 37.5 Å². The zero-order valence-corrected chi connectivity index (χ0v) is 56.0. The van der Waals surface area contributed by atoms with E-state index in [9.17, 15) is 54.0 Å². The predicted molar refractivity (Wildman–Crippen MR) is 356 cm³/mol. The van der Waals surface area contributed by atoms with Gasteiger partial charge in [-0.3, -0.25) is 34.1 Å². The van der Waals surface area contributed by atoms with E-state index in [0.717, 1.165) is 82.4 Å². The maximum absolute atomic E-state index is 13.8. The lowest BCUT2D eigenvalue weighted by atomic mass is 9.47. The van der Waals surface area contributed by atoms with Gasteiger partial charge in [0.25, 0.3) is 17.7 Å². The number of aryl methyl sites for hydroxylation is 1. The number of carbonyl (C=O) groups is 7. The Morgan fingerprint density at radius 3 is 2.41 bits per heavy atom. The standard InChI is InChI=1S/C70H81N9O17S/c1-8-69(39-79-41(3)47(32-72-79)45-18-19-49(73-59(45)63(86)87)57-40(2)44-12-11-13-46(58(44)75-57)62(85)76-65-74-48-14-9-10-15-52(48)97-65)36-68(6)34-67(4,5)35-70(37-68,38-69)94-27-25-77(7)66(90)93-33-42-16-17-43(95-56-31-50(80)60(84)61(96-56)64(88)89)30-51(42)92-29-28-91-26-23-71-53(81)22-24-78-54(82)20-21-55(78)83/h9-21,30,32,50,56,60-61,75,80,84H,8,22-29,31,33-39H2,1-7H3,(H,71,81)(H,86,87)(H,88,89)(H,74,76,85)/t50-,56-,60+,61+,68?,69?,70?/m1/s1. The summed E-state index contributed by atoms with van der Waals surface area (Å²) < 4.78 is 39.0. The number of pyridine rings is 1. The molecule has 97 heavy (non-hydrogen) atoms. The van der Waals surface area contributed by atoms with Crippen molar-refractivity contribution in [3.63, 3.8) is 0 Å². The predicted octanol–water partition coefficient (Wildman–Crippen LogP) is 8.83. The number of rotatable bonds is 27. The number of H-pyrrole nitrogens is 1. The fourth-order valence-corrected chi connectivity index (χ4v) is 15.8. The second-order valence-corrected chi connectivity index (χ2v) is 28.0. The Hall–Kier alpha value is -9.12. The lowest BCUT2D eigenvalue weighted by molar-refractivity contribution is -0.228. The molecule has 7 atom stereocenters. The van der Waals surface area contributed by atoms with Gasteiger partial charge in [-0.25, -0.2) is 24.4 Å². The third kappa shape index (κ3) is 15.5. The van der Waals surface area contributed by atoms with Crippen LogP contribution in [0.3, 0.4) is 0 Å². The molecule has 1 saturated heterocycles. The average Bonchev–Trinajstić information content (AvgIpc) is 1.12. The fourth-order valence-electron chi connectivity index (χ4n) is 15.0. The fraction of sp³-hybridized carbons (Fsp3) is 0.457. The summed E-state index contributed by atoms with van der Waals surface area (Å²) in [4.78, 5) is 104. The first kappa shape index (κ1) is 69.2. The van der Waals surface area contributed by atoms with Gasteiger partial charge in [0.2, 0.25) is 12.2 Å². The first-order chi connectivity index (χ1) is 46.2. The Morgan fingerprint density at radius 2 is 1.66 bits per heavy atom. The lowest BCUT2D eigenvalue weighted by Gasteiger charge is -2.62. The Kier molecular flexibility index (Phi) is 20.4. The van der Waals surface area contributed by atoms with Crippen molar-refractivity contribution in [3.8, 4) is 34.0 Å². The van der Waals surface area contributed by atoms with Crippen LogP contribution in [-0.2, 0) is 51.3 Å². The number of para-hydroxylation sites is 2. The minimum Gasteiger partial charge on any atom is -0.491 e. The van der Waals surface area contributed by atoms with E-state index in [0.29, 0.717) is 50.8 Å². The van der Waals surface area contributed by atoms with Crippen LogP contribution < -0.4 is 20.1 Å². The molecule has 6 heterocycles. The molecule has 2 saturated carbocycles. The third-order valence-corrected chi connectivity index (χ3v) is 19.7. The van der Waals surface area contributed by atoms with Crippen LogP contribution >= 0.6 is 11.3 Å². The number of aromatic amines is 1. The summed E-state index contributed by atoms with van der Waals surface area (Å²) in [5.74, 6) is -3.97. The minimum absolute atomic E-state index is 0.0122. The molecule has 7 N–H and O–H groups in total.